The lowest BCUT2D eigenvalue weighted by Crippen LogP contribution is -2.45. The summed E-state index contributed by atoms with van der Waals surface area (Å²) in [7, 11) is 0. The van der Waals surface area contributed by atoms with Crippen molar-refractivity contribution in [1.82, 2.24) is 0 Å². The Labute approximate surface area is 114 Å². The fraction of sp³-hybridized carbons (Fsp3) is 0.625. The van der Waals surface area contributed by atoms with Gasteiger partial charge in [-0.3, -0.25) is 9.59 Å². The topological polar surface area (TPSA) is 43.4 Å². The van der Waals surface area contributed by atoms with Crippen LogP contribution in [0.3, 0.4) is 0 Å². The predicted molar refractivity (Wildman–Crippen MR) is 73.6 cm³/mol. The fourth-order valence-corrected chi connectivity index (χ4v) is 3.59. The minimum Gasteiger partial charge on any atom is -0.462 e. The highest BCUT2D eigenvalue weighted by Gasteiger charge is 2.47. The molecule has 0 aromatic heterocycles. The molecule has 1 saturated carbocycles. The van der Waals surface area contributed by atoms with E-state index in [-0.39, 0.29) is 23.3 Å². The number of hydrogen-bond donors (Lipinski definition) is 0. The summed E-state index contributed by atoms with van der Waals surface area (Å²) in [5.41, 5.74) is 2.08. The van der Waals surface area contributed by atoms with Crippen LogP contribution in [0.4, 0.5) is 0 Å². The Morgan fingerprint density at radius 2 is 2.21 bits per heavy atom. The van der Waals surface area contributed by atoms with Crippen molar-refractivity contribution >= 4 is 11.8 Å². The second kappa shape index (κ2) is 5.32. The summed E-state index contributed by atoms with van der Waals surface area (Å²) in [5, 5.41) is 0. The number of ketones is 1. The van der Waals surface area contributed by atoms with E-state index in [1.54, 1.807) is 6.08 Å². The summed E-state index contributed by atoms with van der Waals surface area (Å²) in [5.74, 6) is -0.0277. The number of carbonyl (C=O) groups is 2. The van der Waals surface area contributed by atoms with Gasteiger partial charge in [0.1, 0.15) is 6.10 Å². The smallest absolute Gasteiger partial charge is 0.302 e. The van der Waals surface area contributed by atoms with Gasteiger partial charge < -0.3 is 4.74 Å². The SMILES string of the molecule is C=C(C)C[C@]12CCC(=O)C=C1CCC[C@@H]2OC(C)=O. The molecule has 0 aliphatic heterocycles. The van der Waals surface area contributed by atoms with E-state index in [9.17, 15) is 9.59 Å². The van der Waals surface area contributed by atoms with Gasteiger partial charge >= 0.3 is 5.97 Å². The first kappa shape index (κ1) is 14.0. The first-order chi connectivity index (χ1) is 8.94. The normalized spacial score (nSPS) is 30.3. The summed E-state index contributed by atoms with van der Waals surface area (Å²) in [4.78, 5) is 23.0. The van der Waals surface area contributed by atoms with Crippen LogP contribution in [0, 0.1) is 5.41 Å². The van der Waals surface area contributed by atoms with Crippen molar-refractivity contribution in [2.45, 2.75) is 58.5 Å². The molecule has 0 heterocycles. The highest BCUT2D eigenvalue weighted by Crippen LogP contribution is 2.51. The molecule has 3 nitrogen and oxygen atoms in total. The van der Waals surface area contributed by atoms with E-state index in [1.807, 2.05) is 6.92 Å². The largest absolute Gasteiger partial charge is 0.462 e. The Hall–Kier alpha value is -1.38. The molecule has 2 rings (SSSR count). The molecule has 0 unspecified atom stereocenters. The lowest BCUT2D eigenvalue weighted by Gasteiger charge is -2.47. The third-order valence-corrected chi connectivity index (χ3v) is 4.25. The van der Waals surface area contributed by atoms with Crippen LogP contribution in [-0.4, -0.2) is 17.9 Å². The first-order valence-corrected chi connectivity index (χ1v) is 6.99. The average molecular weight is 262 g/mol. The molecule has 0 radical (unpaired) electrons. The van der Waals surface area contributed by atoms with Gasteiger partial charge in [0.15, 0.2) is 5.78 Å². The Morgan fingerprint density at radius 1 is 1.47 bits per heavy atom. The lowest BCUT2D eigenvalue weighted by atomic mass is 9.60. The molecule has 0 amide bonds. The van der Waals surface area contributed by atoms with Crippen molar-refractivity contribution < 1.29 is 14.3 Å². The van der Waals surface area contributed by atoms with E-state index in [2.05, 4.69) is 6.58 Å². The number of allylic oxidation sites excluding steroid dienone is 2. The van der Waals surface area contributed by atoms with Gasteiger partial charge in [-0.1, -0.05) is 11.1 Å². The number of rotatable bonds is 3. The maximum absolute atomic E-state index is 11.7. The zero-order valence-corrected chi connectivity index (χ0v) is 11.8. The van der Waals surface area contributed by atoms with Crippen LogP contribution in [0.2, 0.25) is 0 Å². The van der Waals surface area contributed by atoms with Crippen molar-refractivity contribution in [3.05, 3.63) is 23.8 Å². The van der Waals surface area contributed by atoms with Gasteiger partial charge in [-0.2, -0.15) is 0 Å². The highest BCUT2D eigenvalue weighted by atomic mass is 16.5. The molecule has 3 heteroatoms. The fourth-order valence-electron chi connectivity index (χ4n) is 3.59. The Kier molecular flexibility index (Phi) is 3.93. The van der Waals surface area contributed by atoms with Crippen molar-refractivity contribution in [3.8, 4) is 0 Å². The van der Waals surface area contributed by atoms with Crippen molar-refractivity contribution in [1.29, 1.82) is 0 Å². The second-order valence-electron chi connectivity index (χ2n) is 5.92. The standard InChI is InChI=1S/C16H22O3/c1-11(2)10-16-8-7-14(18)9-13(16)5-4-6-15(16)19-12(3)17/h9,15H,1,4-8,10H2,2-3H3/t15-,16+/m0/s1. The number of hydrogen-bond acceptors (Lipinski definition) is 3. The molecule has 1 fully saturated rings. The van der Waals surface area contributed by atoms with Gasteiger partial charge in [0.25, 0.3) is 0 Å². The molecule has 0 aromatic carbocycles. The molecule has 2 aliphatic carbocycles. The minimum atomic E-state index is -0.232. The molecule has 104 valence electrons. The van der Waals surface area contributed by atoms with E-state index in [4.69, 9.17) is 4.74 Å². The summed E-state index contributed by atoms with van der Waals surface area (Å²) in [6.07, 6.45) is 6.64. The maximum atomic E-state index is 11.7. The van der Waals surface area contributed by atoms with Crippen LogP contribution < -0.4 is 0 Å². The molecule has 2 aliphatic rings. The van der Waals surface area contributed by atoms with Gasteiger partial charge in [0.2, 0.25) is 0 Å². The summed E-state index contributed by atoms with van der Waals surface area (Å²) in [6.45, 7) is 7.48. The quantitative estimate of drug-likeness (QED) is 0.578. The van der Waals surface area contributed by atoms with E-state index in [0.29, 0.717) is 6.42 Å². The number of fused-ring (bicyclic) bond motifs is 1. The first-order valence-electron chi connectivity index (χ1n) is 6.99. The van der Waals surface area contributed by atoms with Crippen LogP contribution in [0.1, 0.15) is 52.4 Å². The summed E-state index contributed by atoms with van der Waals surface area (Å²) >= 11 is 0. The van der Waals surface area contributed by atoms with E-state index in [1.165, 1.54) is 12.5 Å². The summed E-state index contributed by atoms with van der Waals surface area (Å²) in [6, 6.07) is 0. The monoisotopic (exact) mass is 262 g/mol. The maximum Gasteiger partial charge on any atom is 0.302 e. The van der Waals surface area contributed by atoms with E-state index >= 15 is 0 Å². The van der Waals surface area contributed by atoms with Crippen LogP contribution in [0.15, 0.2) is 23.8 Å². The van der Waals surface area contributed by atoms with Crippen molar-refractivity contribution in [2.24, 2.45) is 5.41 Å². The third-order valence-electron chi connectivity index (χ3n) is 4.25. The van der Waals surface area contributed by atoms with Crippen LogP contribution in [0.25, 0.3) is 0 Å². The van der Waals surface area contributed by atoms with Gasteiger partial charge in [-0.25, -0.2) is 0 Å². The molecule has 0 bridgehead atoms. The average Bonchev–Trinajstić information content (AvgIpc) is 2.29. The van der Waals surface area contributed by atoms with E-state index < -0.39 is 0 Å². The third kappa shape index (κ3) is 2.80. The molecule has 0 aromatic rings. The van der Waals surface area contributed by atoms with Crippen molar-refractivity contribution in [3.63, 3.8) is 0 Å². The summed E-state index contributed by atoms with van der Waals surface area (Å²) < 4.78 is 5.57. The highest BCUT2D eigenvalue weighted by molar-refractivity contribution is 5.91. The zero-order valence-electron chi connectivity index (χ0n) is 11.8. The molecular weight excluding hydrogens is 240 g/mol. The molecule has 0 N–H and O–H groups in total. The molecule has 0 spiro atoms. The Balaban J connectivity index is 2.38. The van der Waals surface area contributed by atoms with Crippen LogP contribution in [-0.2, 0) is 14.3 Å². The number of ether oxygens (including phenoxy) is 1. The number of carbonyl (C=O) groups excluding carboxylic acids is 2. The molecular formula is C16H22O3. The Morgan fingerprint density at radius 3 is 2.84 bits per heavy atom. The van der Waals surface area contributed by atoms with Crippen LogP contribution >= 0.6 is 0 Å². The second-order valence-corrected chi connectivity index (χ2v) is 5.92. The predicted octanol–water partition coefficient (Wildman–Crippen LogP) is 3.34. The molecule has 19 heavy (non-hydrogen) atoms. The van der Waals surface area contributed by atoms with Crippen molar-refractivity contribution in [2.75, 3.05) is 0 Å². The molecule has 0 saturated heterocycles. The zero-order chi connectivity index (χ0) is 14.0. The lowest BCUT2D eigenvalue weighted by molar-refractivity contribution is -0.154. The van der Waals surface area contributed by atoms with Gasteiger partial charge in [-0.05, 0) is 45.1 Å². The van der Waals surface area contributed by atoms with E-state index in [0.717, 1.165) is 37.7 Å². The van der Waals surface area contributed by atoms with Gasteiger partial charge in [0.05, 0.1) is 0 Å². The Bertz CT molecular complexity index is 447. The van der Waals surface area contributed by atoms with Crippen LogP contribution in [0.5, 0.6) is 0 Å². The molecule has 2 atom stereocenters. The van der Waals surface area contributed by atoms with Gasteiger partial charge in [-0.15, -0.1) is 6.58 Å². The minimum absolute atomic E-state index is 0.102. The van der Waals surface area contributed by atoms with Gasteiger partial charge in [0, 0.05) is 18.8 Å². The number of esters is 1.